The van der Waals surface area contributed by atoms with Crippen LogP contribution in [0.4, 0.5) is 4.39 Å². The Kier molecular flexibility index (Phi) is 5.72. The Morgan fingerprint density at radius 1 is 1.33 bits per heavy atom. The monoisotopic (exact) mass is 459 g/mol. The first-order chi connectivity index (χ1) is 12.8. The van der Waals surface area contributed by atoms with E-state index in [0.29, 0.717) is 17.3 Å². The number of ether oxygens (including phenoxy) is 1. The van der Waals surface area contributed by atoms with Gasteiger partial charge in [0, 0.05) is 18.9 Å². The molecule has 1 aliphatic heterocycles. The van der Waals surface area contributed by atoms with Crippen molar-refractivity contribution < 1.29 is 27.4 Å². The van der Waals surface area contributed by atoms with E-state index in [-0.39, 0.29) is 24.0 Å². The number of benzene rings is 1. The zero-order chi connectivity index (χ0) is 19.6. The molecule has 11 heteroatoms. The summed E-state index contributed by atoms with van der Waals surface area (Å²) in [5.74, 6) is -2.52. The van der Waals surface area contributed by atoms with Gasteiger partial charge in [-0.2, -0.15) is 4.31 Å². The molecule has 27 heavy (non-hydrogen) atoms. The molecule has 2 aromatic rings. The van der Waals surface area contributed by atoms with Crippen LogP contribution in [-0.4, -0.2) is 53.0 Å². The Morgan fingerprint density at radius 2 is 2.04 bits per heavy atom. The first-order valence-electron chi connectivity index (χ1n) is 7.94. The highest BCUT2D eigenvalue weighted by molar-refractivity contribution is 9.10. The molecule has 1 N–H and O–H groups in total. The lowest BCUT2D eigenvalue weighted by molar-refractivity contribution is 0.0691. The molecular formula is C16H15BrFN3O5S. The van der Waals surface area contributed by atoms with Gasteiger partial charge in [0.05, 0.1) is 21.5 Å². The summed E-state index contributed by atoms with van der Waals surface area (Å²) >= 11 is 3.22. The number of aromatic nitrogens is 2. The fraction of sp³-hybridized carbons (Fsp3) is 0.312. The number of carbonyl (C=O) groups is 1. The van der Waals surface area contributed by atoms with Crippen LogP contribution in [-0.2, 0) is 10.0 Å². The molecule has 144 valence electrons. The van der Waals surface area contributed by atoms with Crippen LogP contribution in [0.3, 0.4) is 0 Å². The summed E-state index contributed by atoms with van der Waals surface area (Å²) in [6, 6.07) is 2.86. The maximum atomic E-state index is 13.6. The number of carboxylic acids is 1. The second-order valence-electron chi connectivity index (χ2n) is 5.88. The third kappa shape index (κ3) is 4.42. The Morgan fingerprint density at radius 3 is 2.70 bits per heavy atom. The number of hydrogen-bond donors (Lipinski definition) is 1. The molecule has 0 spiro atoms. The smallest absolute Gasteiger partial charge is 0.338 e. The molecule has 1 aliphatic rings. The Balaban J connectivity index is 1.79. The van der Waals surface area contributed by atoms with E-state index in [2.05, 4.69) is 25.9 Å². The average molecular weight is 460 g/mol. The van der Waals surface area contributed by atoms with Gasteiger partial charge in [-0.3, -0.25) is 0 Å². The van der Waals surface area contributed by atoms with E-state index in [1.54, 1.807) is 0 Å². The third-order valence-electron chi connectivity index (χ3n) is 4.02. The largest absolute Gasteiger partial charge is 0.478 e. The van der Waals surface area contributed by atoms with Gasteiger partial charge >= 0.3 is 12.0 Å². The van der Waals surface area contributed by atoms with E-state index in [4.69, 9.17) is 9.84 Å². The molecule has 0 aliphatic carbocycles. The van der Waals surface area contributed by atoms with Gasteiger partial charge in [0.1, 0.15) is 11.9 Å². The summed E-state index contributed by atoms with van der Waals surface area (Å²) in [7, 11) is -3.99. The predicted molar refractivity (Wildman–Crippen MR) is 95.5 cm³/mol. The van der Waals surface area contributed by atoms with Crippen molar-refractivity contribution in [3.63, 3.8) is 0 Å². The van der Waals surface area contributed by atoms with Crippen molar-refractivity contribution in [2.24, 2.45) is 0 Å². The van der Waals surface area contributed by atoms with Crippen LogP contribution >= 0.6 is 15.9 Å². The van der Waals surface area contributed by atoms with Gasteiger partial charge in [0.25, 0.3) is 0 Å². The molecule has 1 aromatic carbocycles. The minimum atomic E-state index is -3.99. The van der Waals surface area contributed by atoms with Crippen LogP contribution in [0.25, 0.3) is 0 Å². The Hall–Kier alpha value is -2.11. The zero-order valence-corrected chi connectivity index (χ0v) is 16.3. The number of halogens is 2. The molecule has 2 heterocycles. The minimum Gasteiger partial charge on any atom is -0.478 e. The molecule has 1 fully saturated rings. The molecule has 1 unspecified atom stereocenters. The van der Waals surface area contributed by atoms with Crippen LogP contribution in [0.2, 0.25) is 0 Å². The molecule has 0 bridgehead atoms. The van der Waals surface area contributed by atoms with E-state index >= 15 is 0 Å². The zero-order valence-electron chi connectivity index (χ0n) is 13.9. The molecule has 8 nitrogen and oxygen atoms in total. The van der Waals surface area contributed by atoms with Crippen molar-refractivity contribution in [2.45, 2.75) is 23.8 Å². The van der Waals surface area contributed by atoms with Crippen molar-refractivity contribution >= 4 is 31.9 Å². The molecule has 0 radical (unpaired) electrons. The fourth-order valence-corrected chi connectivity index (χ4v) is 4.45. The average Bonchev–Trinajstić information content (AvgIpc) is 2.64. The molecule has 0 amide bonds. The number of hydrogen-bond acceptors (Lipinski definition) is 6. The molecule has 0 saturated carbocycles. The van der Waals surface area contributed by atoms with E-state index in [1.165, 1.54) is 16.7 Å². The number of sulfonamides is 1. The predicted octanol–water partition coefficient (Wildman–Crippen LogP) is 2.31. The van der Waals surface area contributed by atoms with Crippen LogP contribution in [0.15, 0.2) is 40.0 Å². The molecule has 1 aromatic heterocycles. The Bertz CT molecular complexity index is 955. The first kappa shape index (κ1) is 19.6. The van der Waals surface area contributed by atoms with Gasteiger partial charge in [0.2, 0.25) is 10.0 Å². The van der Waals surface area contributed by atoms with Crippen molar-refractivity contribution in [1.29, 1.82) is 0 Å². The summed E-state index contributed by atoms with van der Waals surface area (Å²) in [5, 5.41) is 9.01. The van der Waals surface area contributed by atoms with Crippen molar-refractivity contribution in [3.05, 3.63) is 46.4 Å². The standard InChI is InChI=1S/C16H15BrFN3O5S/c17-10-7-19-16(20-8-10)26-11-2-1-5-21(9-11)27(24,25)12-3-4-14(18)13(6-12)15(22)23/h3-4,6-8,11H,1-2,5,9H2,(H,22,23). The highest BCUT2D eigenvalue weighted by Gasteiger charge is 2.32. The van der Waals surface area contributed by atoms with Crippen LogP contribution in [0.5, 0.6) is 6.01 Å². The van der Waals surface area contributed by atoms with Gasteiger partial charge in [0.15, 0.2) is 0 Å². The first-order valence-corrected chi connectivity index (χ1v) is 10.2. The number of nitrogens with zero attached hydrogens (tertiary/aromatic N) is 3. The lowest BCUT2D eigenvalue weighted by atomic mass is 10.1. The second-order valence-corrected chi connectivity index (χ2v) is 8.73. The summed E-state index contributed by atoms with van der Waals surface area (Å²) in [6.07, 6.45) is 3.76. The topological polar surface area (TPSA) is 110 Å². The van der Waals surface area contributed by atoms with Gasteiger partial charge in [-0.05, 0) is 47.0 Å². The quantitative estimate of drug-likeness (QED) is 0.729. The summed E-state index contributed by atoms with van der Waals surface area (Å²) < 4.78 is 46.8. The molecule has 1 atom stereocenters. The summed E-state index contributed by atoms with van der Waals surface area (Å²) in [4.78, 5) is 18.8. The van der Waals surface area contributed by atoms with Crippen molar-refractivity contribution in [3.8, 4) is 6.01 Å². The lowest BCUT2D eigenvalue weighted by Gasteiger charge is -2.31. The summed E-state index contributed by atoms with van der Waals surface area (Å²) in [6.45, 7) is 0.310. The SMILES string of the molecule is O=C(O)c1cc(S(=O)(=O)N2CCCC(Oc3ncc(Br)cn3)C2)ccc1F. The fourth-order valence-electron chi connectivity index (χ4n) is 2.71. The van der Waals surface area contributed by atoms with E-state index in [0.717, 1.165) is 18.2 Å². The lowest BCUT2D eigenvalue weighted by Crippen LogP contribution is -2.44. The molecule has 1 saturated heterocycles. The Labute approximate surface area is 163 Å². The number of rotatable bonds is 5. The van der Waals surface area contributed by atoms with Crippen LogP contribution in [0.1, 0.15) is 23.2 Å². The van der Waals surface area contributed by atoms with Crippen LogP contribution < -0.4 is 4.74 Å². The van der Waals surface area contributed by atoms with E-state index in [1.807, 2.05) is 0 Å². The van der Waals surface area contributed by atoms with E-state index < -0.39 is 33.5 Å². The highest BCUT2D eigenvalue weighted by atomic mass is 79.9. The second kappa shape index (κ2) is 7.87. The van der Waals surface area contributed by atoms with Crippen molar-refractivity contribution in [1.82, 2.24) is 14.3 Å². The van der Waals surface area contributed by atoms with Gasteiger partial charge in [-0.15, -0.1) is 0 Å². The molecule has 3 rings (SSSR count). The molecular weight excluding hydrogens is 445 g/mol. The third-order valence-corrected chi connectivity index (χ3v) is 6.29. The number of carboxylic acid groups (broad SMARTS) is 1. The van der Waals surface area contributed by atoms with Crippen LogP contribution in [0, 0.1) is 5.82 Å². The highest BCUT2D eigenvalue weighted by Crippen LogP contribution is 2.24. The van der Waals surface area contributed by atoms with Crippen molar-refractivity contribution in [2.75, 3.05) is 13.1 Å². The maximum Gasteiger partial charge on any atom is 0.338 e. The van der Waals surface area contributed by atoms with E-state index in [9.17, 15) is 17.6 Å². The van der Waals surface area contributed by atoms with Gasteiger partial charge < -0.3 is 9.84 Å². The van der Waals surface area contributed by atoms with Gasteiger partial charge in [-0.1, -0.05) is 0 Å². The van der Waals surface area contributed by atoms with Gasteiger partial charge in [-0.25, -0.2) is 27.6 Å². The minimum absolute atomic E-state index is 0.0571. The normalized spacial score (nSPS) is 18.2. The number of piperidine rings is 1. The maximum absolute atomic E-state index is 13.6. The number of aromatic carboxylic acids is 1. The summed E-state index contributed by atoms with van der Waals surface area (Å²) in [5.41, 5.74) is -0.691.